The van der Waals surface area contributed by atoms with Crippen LogP contribution in [0.4, 0.5) is 14.5 Å². The van der Waals surface area contributed by atoms with Crippen LogP contribution in [0.1, 0.15) is 24.0 Å². The van der Waals surface area contributed by atoms with Crippen molar-refractivity contribution in [3.63, 3.8) is 0 Å². The highest BCUT2D eigenvalue weighted by Gasteiger charge is 2.14. The van der Waals surface area contributed by atoms with E-state index in [-0.39, 0.29) is 23.5 Å². The second-order valence-electron chi connectivity index (χ2n) is 6.02. The van der Waals surface area contributed by atoms with E-state index in [4.69, 9.17) is 10.00 Å². The van der Waals surface area contributed by atoms with Gasteiger partial charge in [-0.2, -0.15) is 5.26 Å². The molecule has 1 aliphatic heterocycles. The molecule has 1 heterocycles. The normalized spacial score (nSPS) is 14.8. The highest BCUT2D eigenvalue weighted by Crippen LogP contribution is 2.25. The molecule has 2 N–H and O–H groups in total. The molecular weight excluding hydrogens is 324 g/mol. The molecule has 2 aromatic carbocycles. The SMILES string of the molecule is N#Cc1ccc(COc2cc(NC3CCNCC3)ccc2F)c(F)c1. The molecule has 2 aromatic rings. The van der Waals surface area contributed by atoms with Gasteiger partial charge in [-0.3, -0.25) is 0 Å². The first-order chi connectivity index (χ1) is 12.2. The van der Waals surface area contributed by atoms with E-state index < -0.39 is 11.6 Å². The number of nitrogens with zero attached hydrogens (tertiary/aromatic N) is 1. The molecule has 0 bridgehead atoms. The Morgan fingerprint density at radius 3 is 2.64 bits per heavy atom. The smallest absolute Gasteiger partial charge is 0.165 e. The summed E-state index contributed by atoms with van der Waals surface area (Å²) in [5.41, 5.74) is 1.29. The van der Waals surface area contributed by atoms with Gasteiger partial charge in [0.1, 0.15) is 12.4 Å². The lowest BCUT2D eigenvalue weighted by Crippen LogP contribution is -2.35. The molecule has 0 aliphatic carbocycles. The number of halogens is 2. The number of anilines is 1. The predicted molar refractivity (Wildman–Crippen MR) is 91.4 cm³/mol. The zero-order chi connectivity index (χ0) is 17.6. The fraction of sp³-hybridized carbons (Fsp3) is 0.316. The van der Waals surface area contributed by atoms with E-state index in [0.717, 1.165) is 37.7 Å². The standard InChI is InChI=1S/C19H19F2N3O/c20-17-4-3-16(24-15-5-7-23-8-6-15)10-19(17)25-12-14-2-1-13(11-22)9-18(14)21/h1-4,9-10,15,23-24H,5-8,12H2. The summed E-state index contributed by atoms with van der Waals surface area (Å²) in [6.45, 7) is 1.81. The zero-order valence-electron chi connectivity index (χ0n) is 13.7. The van der Waals surface area contributed by atoms with E-state index in [1.54, 1.807) is 12.1 Å². The Morgan fingerprint density at radius 1 is 1.12 bits per heavy atom. The second kappa shape index (κ2) is 7.95. The monoisotopic (exact) mass is 343 g/mol. The molecule has 0 atom stereocenters. The van der Waals surface area contributed by atoms with Crippen LogP contribution in [0.25, 0.3) is 0 Å². The predicted octanol–water partition coefficient (Wildman–Crippen LogP) is 3.58. The van der Waals surface area contributed by atoms with Crippen molar-refractivity contribution in [2.75, 3.05) is 18.4 Å². The fourth-order valence-corrected chi connectivity index (χ4v) is 2.80. The molecule has 1 fully saturated rings. The highest BCUT2D eigenvalue weighted by atomic mass is 19.1. The molecule has 130 valence electrons. The van der Waals surface area contributed by atoms with Crippen LogP contribution in [0.2, 0.25) is 0 Å². The summed E-state index contributed by atoms with van der Waals surface area (Å²) in [5.74, 6) is -0.962. The summed E-state index contributed by atoms with van der Waals surface area (Å²) in [5, 5.41) is 15.4. The van der Waals surface area contributed by atoms with Gasteiger partial charge in [-0.05, 0) is 50.2 Å². The van der Waals surface area contributed by atoms with Crippen molar-refractivity contribution in [2.24, 2.45) is 0 Å². The molecule has 0 aromatic heterocycles. The maximum Gasteiger partial charge on any atom is 0.165 e. The maximum atomic E-state index is 14.0. The molecule has 0 spiro atoms. The van der Waals surface area contributed by atoms with Crippen molar-refractivity contribution < 1.29 is 13.5 Å². The molecule has 0 saturated carbocycles. The number of rotatable bonds is 5. The average molecular weight is 343 g/mol. The summed E-state index contributed by atoms with van der Waals surface area (Å²) in [6, 6.07) is 10.9. The number of hydrogen-bond donors (Lipinski definition) is 2. The maximum absolute atomic E-state index is 14.0. The van der Waals surface area contributed by atoms with E-state index in [0.29, 0.717) is 6.04 Å². The molecule has 1 saturated heterocycles. The van der Waals surface area contributed by atoms with Crippen LogP contribution in [-0.2, 0) is 6.61 Å². The third kappa shape index (κ3) is 4.46. The summed E-state index contributed by atoms with van der Waals surface area (Å²) in [6.07, 6.45) is 2.01. The Bertz CT molecular complexity index is 783. The Labute approximate surface area is 145 Å². The summed E-state index contributed by atoms with van der Waals surface area (Å²) in [4.78, 5) is 0. The number of benzene rings is 2. The van der Waals surface area contributed by atoms with Gasteiger partial charge in [-0.1, -0.05) is 6.07 Å². The first-order valence-corrected chi connectivity index (χ1v) is 8.24. The summed E-state index contributed by atoms with van der Waals surface area (Å²) < 4.78 is 33.3. The number of piperidine rings is 1. The fourth-order valence-electron chi connectivity index (χ4n) is 2.80. The van der Waals surface area contributed by atoms with Crippen LogP contribution in [-0.4, -0.2) is 19.1 Å². The molecular formula is C19H19F2N3O. The van der Waals surface area contributed by atoms with Gasteiger partial charge in [0.2, 0.25) is 0 Å². The van der Waals surface area contributed by atoms with Crippen molar-refractivity contribution in [2.45, 2.75) is 25.5 Å². The third-order valence-corrected chi connectivity index (χ3v) is 4.21. The zero-order valence-corrected chi connectivity index (χ0v) is 13.7. The molecule has 25 heavy (non-hydrogen) atoms. The van der Waals surface area contributed by atoms with Gasteiger partial charge in [-0.25, -0.2) is 8.78 Å². The van der Waals surface area contributed by atoms with Crippen molar-refractivity contribution in [3.05, 3.63) is 59.2 Å². The van der Waals surface area contributed by atoms with Crippen LogP contribution >= 0.6 is 0 Å². The largest absolute Gasteiger partial charge is 0.486 e. The first kappa shape index (κ1) is 17.2. The minimum atomic E-state index is -0.538. The van der Waals surface area contributed by atoms with Crippen molar-refractivity contribution in [1.29, 1.82) is 5.26 Å². The van der Waals surface area contributed by atoms with Gasteiger partial charge in [0.05, 0.1) is 11.6 Å². The minimum absolute atomic E-state index is 0.0719. The second-order valence-corrected chi connectivity index (χ2v) is 6.02. The first-order valence-electron chi connectivity index (χ1n) is 8.24. The van der Waals surface area contributed by atoms with Gasteiger partial charge >= 0.3 is 0 Å². The number of nitrogens with one attached hydrogen (secondary N) is 2. The molecule has 0 radical (unpaired) electrons. The molecule has 6 heteroatoms. The van der Waals surface area contributed by atoms with Crippen LogP contribution in [0.15, 0.2) is 36.4 Å². The topological polar surface area (TPSA) is 57.1 Å². The van der Waals surface area contributed by atoms with Crippen LogP contribution in [0.3, 0.4) is 0 Å². The van der Waals surface area contributed by atoms with E-state index in [2.05, 4.69) is 10.6 Å². The van der Waals surface area contributed by atoms with Crippen molar-refractivity contribution in [3.8, 4) is 11.8 Å². The molecule has 0 amide bonds. The Hall–Kier alpha value is -2.65. The average Bonchev–Trinajstić information content (AvgIpc) is 2.63. The van der Waals surface area contributed by atoms with Gasteiger partial charge in [0.25, 0.3) is 0 Å². The lowest BCUT2D eigenvalue weighted by atomic mass is 10.1. The summed E-state index contributed by atoms with van der Waals surface area (Å²) >= 11 is 0. The lowest BCUT2D eigenvalue weighted by molar-refractivity contribution is 0.285. The Balaban J connectivity index is 1.67. The highest BCUT2D eigenvalue weighted by molar-refractivity contribution is 5.49. The third-order valence-electron chi connectivity index (χ3n) is 4.21. The molecule has 1 aliphatic rings. The van der Waals surface area contributed by atoms with E-state index in [1.165, 1.54) is 18.2 Å². The molecule has 0 unspecified atom stereocenters. The van der Waals surface area contributed by atoms with E-state index in [1.807, 2.05) is 6.07 Å². The number of ether oxygens (including phenoxy) is 1. The van der Waals surface area contributed by atoms with Gasteiger partial charge in [0, 0.05) is 23.4 Å². The van der Waals surface area contributed by atoms with Crippen LogP contribution in [0.5, 0.6) is 5.75 Å². The van der Waals surface area contributed by atoms with E-state index >= 15 is 0 Å². The Morgan fingerprint density at radius 2 is 1.92 bits per heavy atom. The lowest BCUT2D eigenvalue weighted by Gasteiger charge is -2.25. The van der Waals surface area contributed by atoms with Crippen molar-refractivity contribution in [1.82, 2.24) is 5.32 Å². The number of hydrogen-bond acceptors (Lipinski definition) is 4. The quantitative estimate of drug-likeness (QED) is 0.871. The van der Waals surface area contributed by atoms with E-state index in [9.17, 15) is 8.78 Å². The molecule has 3 rings (SSSR count). The van der Waals surface area contributed by atoms with Crippen molar-refractivity contribution >= 4 is 5.69 Å². The summed E-state index contributed by atoms with van der Waals surface area (Å²) in [7, 11) is 0. The Kier molecular flexibility index (Phi) is 5.46. The minimum Gasteiger partial charge on any atom is -0.486 e. The number of nitriles is 1. The van der Waals surface area contributed by atoms with Gasteiger partial charge < -0.3 is 15.4 Å². The van der Waals surface area contributed by atoms with Gasteiger partial charge in [0.15, 0.2) is 11.6 Å². The van der Waals surface area contributed by atoms with Crippen LogP contribution in [0, 0.1) is 23.0 Å². The molecule has 4 nitrogen and oxygen atoms in total. The van der Waals surface area contributed by atoms with Gasteiger partial charge in [-0.15, -0.1) is 0 Å². The van der Waals surface area contributed by atoms with Crippen LogP contribution < -0.4 is 15.4 Å².